The number of nitrogens with one attached hydrogen (secondary N) is 1. The zero-order valence-corrected chi connectivity index (χ0v) is 11.3. The van der Waals surface area contributed by atoms with Crippen LogP contribution in [0.3, 0.4) is 0 Å². The molecule has 0 saturated carbocycles. The van der Waals surface area contributed by atoms with Gasteiger partial charge in [0.2, 0.25) is 0 Å². The molecule has 0 amide bonds. The second kappa shape index (κ2) is 9.82. The smallest absolute Gasteiger partial charge is 0.0589 e. The summed E-state index contributed by atoms with van der Waals surface area (Å²) in [6.07, 6.45) is 1.90. The summed E-state index contributed by atoms with van der Waals surface area (Å²) in [7, 11) is 1.76. The highest BCUT2D eigenvalue weighted by molar-refractivity contribution is 4.75. The van der Waals surface area contributed by atoms with Crippen molar-refractivity contribution in [1.82, 2.24) is 10.2 Å². The van der Waals surface area contributed by atoms with E-state index in [1.165, 1.54) is 0 Å². The van der Waals surface area contributed by atoms with Crippen molar-refractivity contribution < 1.29 is 4.74 Å². The van der Waals surface area contributed by atoms with Crippen molar-refractivity contribution in [2.24, 2.45) is 5.92 Å². The molecule has 0 aromatic heterocycles. The van der Waals surface area contributed by atoms with Crippen molar-refractivity contribution in [3.8, 4) is 0 Å². The van der Waals surface area contributed by atoms with Crippen molar-refractivity contribution in [2.45, 2.75) is 26.8 Å². The standard InChI is InChI=1S/C13H28N2O/c1-6-7-14-10-13(4)15(8-9-16-5)11-12(2)3/h6,12-14H,1,7-11H2,2-5H3. The van der Waals surface area contributed by atoms with Crippen LogP contribution in [0, 0.1) is 5.92 Å². The minimum atomic E-state index is 0.539. The molecule has 0 spiro atoms. The maximum atomic E-state index is 5.15. The van der Waals surface area contributed by atoms with E-state index in [0.717, 1.165) is 32.8 Å². The molecular formula is C13H28N2O. The Morgan fingerprint density at radius 2 is 2.06 bits per heavy atom. The molecule has 0 aromatic carbocycles. The van der Waals surface area contributed by atoms with Crippen LogP contribution in [0.2, 0.25) is 0 Å². The van der Waals surface area contributed by atoms with Gasteiger partial charge in [0.05, 0.1) is 6.61 Å². The van der Waals surface area contributed by atoms with Crippen LogP contribution >= 0.6 is 0 Å². The number of ether oxygens (including phenoxy) is 1. The fourth-order valence-electron chi connectivity index (χ4n) is 1.69. The van der Waals surface area contributed by atoms with Crippen LogP contribution in [0.4, 0.5) is 0 Å². The van der Waals surface area contributed by atoms with Crippen molar-refractivity contribution in [3.05, 3.63) is 12.7 Å². The van der Waals surface area contributed by atoms with Crippen molar-refractivity contribution in [2.75, 3.05) is 39.9 Å². The van der Waals surface area contributed by atoms with E-state index >= 15 is 0 Å². The molecular weight excluding hydrogens is 200 g/mol. The topological polar surface area (TPSA) is 24.5 Å². The highest BCUT2D eigenvalue weighted by atomic mass is 16.5. The first-order valence-electron chi connectivity index (χ1n) is 6.16. The molecule has 3 nitrogen and oxygen atoms in total. The average molecular weight is 228 g/mol. The second-order valence-electron chi connectivity index (χ2n) is 4.68. The number of methoxy groups -OCH3 is 1. The van der Waals surface area contributed by atoms with Crippen LogP contribution in [0.25, 0.3) is 0 Å². The summed E-state index contributed by atoms with van der Waals surface area (Å²) in [5.74, 6) is 0.693. The lowest BCUT2D eigenvalue weighted by Crippen LogP contribution is -2.43. The largest absolute Gasteiger partial charge is 0.383 e. The first kappa shape index (κ1) is 15.6. The fraction of sp³-hybridized carbons (Fsp3) is 0.846. The Morgan fingerprint density at radius 1 is 1.38 bits per heavy atom. The molecule has 16 heavy (non-hydrogen) atoms. The fourth-order valence-corrected chi connectivity index (χ4v) is 1.69. The highest BCUT2D eigenvalue weighted by Gasteiger charge is 2.14. The molecule has 3 heteroatoms. The molecule has 0 aliphatic heterocycles. The van der Waals surface area contributed by atoms with Crippen LogP contribution in [0.5, 0.6) is 0 Å². The van der Waals surface area contributed by atoms with E-state index in [1.54, 1.807) is 7.11 Å². The zero-order valence-electron chi connectivity index (χ0n) is 11.3. The van der Waals surface area contributed by atoms with Gasteiger partial charge in [-0.3, -0.25) is 4.90 Å². The minimum Gasteiger partial charge on any atom is -0.383 e. The van der Waals surface area contributed by atoms with Gasteiger partial charge < -0.3 is 10.1 Å². The van der Waals surface area contributed by atoms with Gasteiger partial charge in [-0.2, -0.15) is 0 Å². The van der Waals surface area contributed by atoms with Crippen molar-refractivity contribution in [3.63, 3.8) is 0 Å². The molecule has 0 bridgehead atoms. The van der Waals surface area contributed by atoms with Gasteiger partial charge in [-0.05, 0) is 12.8 Å². The first-order valence-corrected chi connectivity index (χ1v) is 6.16. The summed E-state index contributed by atoms with van der Waals surface area (Å²) in [5, 5.41) is 3.36. The van der Waals surface area contributed by atoms with E-state index in [9.17, 15) is 0 Å². The Balaban J connectivity index is 3.97. The van der Waals surface area contributed by atoms with Gasteiger partial charge in [0.15, 0.2) is 0 Å². The quantitative estimate of drug-likeness (QED) is 0.455. The van der Waals surface area contributed by atoms with E-state index in [1.807, 2.05) is 6.08 Å². The lowest BCUT2D eigenvalue weighted by molar-refractivity contribution is 0.115. The lowest BCUT2D eigenvalue weighted by atomic mass is 10.1. The summed E-state index contributed by atoms with van der Waals surface area (Å²) in [4.78, 5) is 2.48. The molecule has 0 radical (unpaired) electrons. The van der Waals surface area contributed by atoms with Gasteiger partial charge in [-0.25, -0.2) is 0 Å². The third kappa shape index (κ3) is 7.85. The molecule has 1 atom stereocenters. The Labute approximate surface area is 101 Å². The average Bonchev–Trinajstić information content (AvgIpc) is 2.23. The van der Waals surface area contributed by atoms with Gasteiger partial charge in [-0.15, -0.1) is 6.58 Å². The van der Waals surface area contributed by atoms with Gasteiger partial charge in [-0.1, -0.05) is 19.9 Å². The molecule has 0 rings (SSSR count). The SMILES string of the molecule is C=CCNCC(C)N(CCOC)CC(C)C. The molecule has 0 aliphatic carbocycles. The zero-order chi connectivity index (χ0) is 12.4. The van der Waals surface area contributed by atoms with Gasteiger partial charge in [0.25, 0.3) is 0 Å². The number of rotatable bonds is 10. The molecule has 0 heterocycles. The van der Waals surface area contributed by atoms with Crippen LogP contribution in [0.15, 0.2) is 12.7 Å². The second-order valence-corrected chi connectivity index (χ2v) is 4.68. The monoisotopic (exact) mass is 228 g/mol. The summed E-state index contributed by atoms with van der Waals surface area (Å²) in [6, 6.07) is 0.539. The maximum Gasteiger partial charge on any atom is 0.0589 e. The first-order chi connectivity index (χ1) is 7.61. The Bertz CT molecular complexity index is 171. The van der Waals surface area contributed by atoms with Gasteiger partial charge in [0, 0.05) is 39.3 Å². The third-order valence-corrected chi connectivity index (χ3v) is 2.53. The molecule has 0 aromatic rings. The third-order valence-electron chi connectivity index (χ3n) is 2.53. The van der Waals surface area contributed by atoms with E-state index in [2.05, 4.69) is 37.6 Å². The highest BCUT2D eigenvalue weighted by Crippen LogP contribution is 2.03. The summed E-state index contributed by atoms with van der Waals surface area (Å²) >= 11 is 0. The number of hydrogen-bond acceptors (Lipinski definition) is 3. The summed E-state index contributed by atoms with van der Waals surface area (Å²) in [5.41, 5.74) is 0. The number of nitrogens with zero attached hydrogens (tertiary/aromatic N) is 1. The predicted octanol–water partition coefficient (Wildman–Crippen LogP) is 1.75. The normalized spacial score (nSPS) is 13.4. The Kier molecular flexibility index (Phi) is 9.59. The minimum absolute atomic E-state index is 0.539. The van der Waals surface area contributed by atoms with Crippen LogP contribution < -0.4 is 5.32 Å². The lowest BCUT2D eigenvalue weighted by Gasteiger charge is -2.30. The summed E-state index contributed by atoms with van der Waals surface area (Å²) in [6.45, 7) is 15.3. The van der Waals surface area contributed by atoms with Crippen molar-refractivity contribution in [1.29, 1.82) is 0 Å². The van der Waals surface area contributed by atoms with Crippen molar-refractivity contribution >= 4 is 0 Å². The van der Waals surface area contributed by atoms with E-state index in [0.29, 0.717) is 12.0 Å². The molecule has 0 saturated heterocycles. The molecule has 1 N–H and O–H groups in total. The van der Waals surface area contributed by atoms with E-state index in [-0.39, 0.29) is 0 Å². The van der Waals surface area contributed by atoms with Gasteiger partial charge >= 0.3 is 0 Å². The maximum absolute atomic E-state index is 5.15. The summed E-state index contributed by atoms with van der Waals surface area (Å²) < 4.78 is 5.15. The van der Waals surface area contributed by atoms with E-state index in [4.69, 9.17) is 4.74 Å². The number of hydrogen-bond donors (Lipinski definition) is 1. The van der Waals surface area contributed by atoms with Crippen LogP contribution in [-0.2, 0) is 4.74 Å². The Hall–Kier alpha value is -0.380. The Morgan fingerprint density at radius 3 is 2.56 bits per heavy atom. The predicted molar refractivity (Wildman–Crippen MR) is 70.8 cm³/mol. The molecule has 1 unspecified atom stereocenters. The molecule has 0 aliphatic rings. The molecule has 96 valence electrons. The van der Waals surface area contributed by atoms with E-state index < -0.39 is 0 Å². The van der Waals surface area contributed by atoms with Crippen LogP contribution in [-0.4, -0.2) is 50.8 Å². The van der Waals surface area contributed by atoms with Crippen LogP contribution in [0.1, 0.15) is 20.8 Å². The molecule has 0 fully saturated rings. The van der Waals surface area contributed by atoms with Gasteiger partial charge in [0.1, 0.15) is 0 Å².